The summed E-state index contributed by atoms with van der Waals surface area (Å²) in [4.78, 5) is 23.9. The van der Waals surface area contributed by atoms with Crippen molar-refractivity contribution in [2.45, 2.75) is 6.04 Å². The molecule has 0 radical (unpaired) electrons. The SMILES string of the molecule is COc1ccc(C(=O)NC(C(=O)O)c2cccs2)cc1. The lowest BCUT2D eigenvalue weighted by molar-refractivity contribution is -0.139. The number of aliphatic carboxylic acids is 1. The van der Waals surface area contributed by atoms with Crippen LogP contribution in [0.3, 0.4) is 0 Å². The van der Waals surface area contributed by atoms with Crippen molar-refractivity contribution in [1.29, 1.82) is 0 Å². The van der Waals surface area contributed by atoms with Crippen LogP contribution in [-0.4, -0.2) is 24.1 Å². The van der Waals surface area contributed by atoms with Gasteiger partial charge in [-0.3, -0.25) is 4.79 Å². The van der Waals surface area contributed by atoms with Gasteiger partial charge in [-0.25, -0.2) is 4.79 Å². The molecular formula is C14H13NO4S. The summed E-state index contributed by atoms with van der Waals surface area (Å²) in [5, 5.41) is 13.5. The highest BCUT2D eigenvalue weighted by Gasteiger charge is 2.23. The van der Waals surface area contributed by atoms with Gasteiger partial charge in [-0.05, 0) is 35.7 Å². The topological polar surface area (TPSA) is 75.6 Å². The molecule has 6 heteroatoms. The fourth-order valence-corrected chi connectivity index (χ4v) is 2.43. The molecule has 2 aromatic rings. The third-order valence-corrected chi connectivity index (χ3v) is 3.64. The Morgan fingerprint density at radius 1 is 1.25 bits per heavy atom. The molecule has 5 nitrogen and oxygen atoms in total. The monoisotopic (exact) mass is 291 g/mol. The number of carbonyl (C=O) groups is 2. The molecule has 0 saturated carbocycles. The van der Waals surface area contributed by atoms with E-state index >= 15 is 0 Å². The molecule has 0 aliphatic heterocycles. The molecule has 0 aliphatic rings. The van der Waals surface area contributed by atoms with Crippen LogP contribution in [0.1, 0.15) is 21.3 Å². The molecule has 1 aromatic carbocycles. The minimum absolute atomic E-state index is 0.383. The van der Waals surface area contributed by atoms with Gasteiger partial charge in [-0.15, -0.1) is 11.3 Å². The lowest BCUT2D eigenvalue weighted by atomic mass is 10.1. The predicted octanol–water partition coefficient (Wildman–Crippen LogP) is 2.31. The smallest absolute Gasteiger partial charge is 0.331 e. The van der Waals surface area contributed by atoms with Gasteiger partial charge in [0, 0.05) is 10.4 Å². The number of hydrogen-bond donors (Lipinski definition) is 2. The van der Waals surface area contributed by atoms with Gasteiger partial charge in [0.2, 0.25) is 0 Å². The number of nitrogens with one attached hydrogen (secondary N) is 1. The Morgan fingerprint density at radius 2 is 1.95 bits per heavy atom. The van der Waals surface area contributed by atoms with E-state index in [4.69, 9.17) is 4.74 Å². The van der Waals surface area contributed by atoms with Gasteiger partial charge < -0.3 is 15.2 Å². The third kappa shape index (κ3) is 3.16. The summed E-state index contributed by atoms with van der Waals surface area (Å²) in [6, 6.07) is 8.85. The van der Waals surface area contributed by atoms with E-state index in [0.29, 0.717) is 16.2 Å². The number of ether oxygens (including phenoxy) is 1. The summed E-state index contributed by atoms with van der Waals surface area (Å²) >= 11 is 1.29. The van der Waals surface area contributed by atoms with Crippen LogP contribution < -0.4 is 10.1 Å². The van der Waals surface area contributed by atoms with E-state index in [1.165, 1.54) is 18.4 Å². The molecule has 1 aromatic heterocycles. The molecule has 0 bridgehead atoms. The minimum atomic E-state index is -1.09. The van der Waals surface area contributed by atoms with Crippen molar-refractivity contribution in [3.63, 3.8) is 0 Å². The fraction of sp³-hybridized carbons (Fsp3) is 0.143. The van der Waals surface area contributed by atoms with Gasteiger partial charge in [0.15, 0.2) is 6.04 Å². The van der Waals surface area contributed by atoms with Crippen LogP contribution in [0.4, 0.5) is 0 Å². The Hall–Kier alpha value is -2.34. The highest BCUT2D eigenvalue weighted by atomic mass is 32.1. The van der Waals surface area contributed by atoms with Crippen LogP contribution in [0.2, 0.25) is 0 Å². The average molecular weight is 291 g/mol. The lowest BCUT2D eigenvalue weighted by Crippen LogP contribution is -2.33. The molecule has 1 unspecified atom stereocenters. The Bertz CT molecular complexity index is 592. The maximum Gasteiger partial charge on any atom is 0.331 e. The standard InChI is InChI=1S/C14H13NO4S/c1-19-10-6-4-9(5-7-10)13(16)15-12(14(17)18)11-3-2-8-20-11/h2-8,12H,1H3,(H,15,16)(H,17,18). The number of hydrogen-bond acceptors (Lipinski definition) is 4. The van der Waals surface area contributed by atoms with E-state index in [-0.39, 0.29) is 0 Å². The largest absolute Gasteiger partial charge is 0.497 e. The highest BCUT2D eigenvalue weighted by Crippen LogP contribution is 2.20. The van der Waals surface area contributed by atoms with Gasteiger partial charge in [-0.1, -0.05) is 6.07 Å². The van der Waals surface area contributed by atoms with E-state index in [2.05, 4.69) is 5.32 Å². The molecule has 20 heavy (non-hydrogen) atoms. The van der Waals surface area contributed by atoms with Crippen molar-refractivity contribution in [3.05, 3.63) is 52.2 Å². The van der Waals surface area contributed by atoms with Gasteiger partial charge in [0.1, 0.15) is 5.75 Å². The van der Waals surface area contributed by atoms with Gasteiger partial charge in [0.25, 0.3) is 5.91 Å². The van der Waals surface area contributed by atoms with Crippen molar-refractivity contribution >= 4 is 23.2 Å². The van der Waals surface area contributed by atoms with Crippen LogP contribution in [-0.2, 0) is 4.79 Å². The molecule has 0 aliphatic carbocycles. The number of amides is 1. The maximum atomic E-state index is 12.0. The van der Waals surface area contributed by atoms with Crippen LogP contribution in [0.15, 0.2) is 41.8 Å². The molecule has 104 valence electrons. The van der Waals surface area contributed by atoms with Gasteiger partial charge in [0.05, 0.1) is 7.11 Å². The second-order valence-electron chi connectivity index (χ2n) is 3.99. The van der Waals surface area contributed by atoms with Crippen molar-refractivity contribution in [2.24, 2.45) is 0 Å². The zero-order chi connectivity index (χ0) is 14.5. The van der Waals surface area contributed by atoms with E-state index in [1.807, 2.05) is 0 Å². The summed E-state index contributed by atoms with van der Waals surface area (Å²) in [6.45, 7) is 0. The molecule has 1 atom stereocenters. The number of rotatable bonds is 5. The van der Waals surface area contributed by atoms with Crippen molar-refractivity contribution < 1.29 is 19.4 Å². The number of carbonyl (C=O) groups excluding carboxylic acids is 1. The highest BCUT2D eigenvalue weighted by molar-refractivity contribution is 7.10. The summed E-state index contributed by atoms with van der Waals surface area (Å²) in [7, 11) is 1.53. The number of carboxylic acid groups (broad SMARTS) is 1. The summed E-state index contributed by atoms with van der Waals surface area (Å²) in [6.07, 6.45) is 0. The van der Waals surface area contributed by atoms with Crippen molar-refractivity contribution in [1.82, 2.24) is 5.32 Å². The Labute approximate surface area is 119 Å². The molecular weight excluding hydrogens is 278 g/mol. The number of thiophene rings is 1. The first-order chi connectivity index (χ1) is 9.61. The van der Waals surface area contributed by atoms with Gasteiger partial charge >= 0.3 is 5.97 Å². The maximum absolute atomic E-state index is 12.0. The quantitative estimate of drug-likeness (QED) is 0.886. The molecule has 0 spiro atoms. The molecule has 2 N–H and O–H groups in total. The van der Waals surface area contributed by atoms with Crippen LogP contribution in [0.5, 0.6) is 5.75 Å². The Morgan fingerprint density at radius 3 is 2.45 bits per heavy atom. The van der Waals surface area contributed by atoms with E-state index in [9.17, 15) is 14.7 Å². The second kappa shape index (κ2) is 6.21. The van der Waals surface area contributed by atoms with Crippen molar-refractivity contribution in [3.8, 4) is 5.75 Å². The summed E-state index contributed by atoms with van der Waals surface area (Å²) in [5.74, 6) is -0.891. The van der Waals surface area contributed by atoms with E-state index in [1.54, 1.807) is 41.8 Å². The lowest BCUT2D eigenvalue weighted by Gasteiger charge is -2.13. The molecule has 1 amide bonds. The number of methoxy groups -OCH3 is 1. The van der Waals surface area contributed by atoms with E-state index < -0.39 is 17.9 Å². The summed E-state index contributed by atoms with van der Waals surface area (Å²) < 4.78 is 5.00. The Balaban J connectivity index is 2.14. The first-order valence-electron chi connectivity index (χ1n) is 5.83. The van der Waals surface area contributed by atoms with Gasteiger partial charge in [-0.2, -0.15) is 0 Å². The first-order valence-corrected chi connectivity index (χ1v) is 6.71. The zero-order valence-corrected chi connectivity index (χ0v) is 11.5. The minimum Gasteiger partial charge on any atom is -0.497 e. The van der Waals surface area contributed by atoms with Crippen LogP contribution >= 0.6 is 11.3 Å². The van der Waals surface area contributed by atoms with Crippen LogP contribution in [0.25, 0.3) is 0 Å². The molecule has 0 saturated heterocycles. The average Bonchev–Trinajstić information content (AvgIpc) is 2.98. The predicted molar refractivity (Wildman–Crippen MR) is 75.2 cm³/mol. The number of benzene rings is 1. The van der Waals surface area contributed by atoms with Crippen LogP contribution in [0, 0.1) is 0 Å². The third-order valence-electron chi connectivity index (χ3n) is 2.70. The second-order valence-corrected chi connectivity index (χ2v) is 4.97. The normalized spacial score (nSPS) is 11.7. The summed E-state index contributed by atoms with van der Waals surface area (Å²) in [5.41, 5.74) is 0.383. The molecule has 1 heterocycles. The molecule has 0 fully saturated rings. The Kier molecular flexibility index (Phi) is 4.37. The zero-order valence-electron chi connectivity index (χ0n) is 10.7. The number of carboxylic acids is 1. The fourth-order valence-electron chi connectivity index (χ4n) is 1.67. The molecule has 2 rings (SSSR count). The first kappa shape index (κ1) is 14.1. The van der Waals surface area contributed by atoms with E-state index in [0.717, 1.165) is 0 Å². The van der Waals surface area contributed by atoms with Crippen molar-refractivity contribution in [2.75, 3.05) is 7.11 Å².